The molecule has 3 aromatic rings. The highest BCUT2D eigenvalue weighted by Crippen LogP contribution is 2.29. The molecular weight excluding hydrogens is 279 g/mol. The fourth-order valence-electron chi connectivity index (χ4n) is 2.23. The molecule has 0 amide bonds. The van der Waals surface area contributed by atoms with Crippen molar-refractivity contribution in [3.05, 3.63) is 71.4 Å². The maximum Gasteiger partial charge on any atom is 0.416 e. The summed E-state index contributed by atoms with van der Waals surface area (Å²) in [6, 6.07) is 11.5. The molecule has 3 rings (SSSR count). The van der Waals surface area contributed by atoms with E-state index in [0.29, 0.717) is 5.56 Å². The molecule has 5 heteroatoms. The fraction of sp³-hybridized carbons (Fsp3) is 0.0625. The second-order valence-electron chi connectivity index (χ2n) is 4.65. The van der Waals surface area contributed by atoms with Crippen molar-refractivity contribution in [1.29, 1.82) is 0 Å². The van der Waals surface area contributed by atoms with Crippen LogP contribution in [0.2, 0.25) is 0 Å². The molecule has 0 spiro atoms. The lowest BCUT2D eigenvalue weighted by Gasteiger charge is -2.07. The first kappa shape index (κ1) is 13.4. The van der Waals surface area contributed by atoms with E-state index in [1.54, 1.807) is 18.3 Å². The molecule has 0 bridgehead atoms. The Morgan fingerprint density at radius 1 is 0.952 bits per heavy atom. The summed E-state index contributed by atoms with van der Waals surface area (Å²) in [4.78, 5) is 15.4. The van der Waals surface area contributed by atoms with Gasteiger partial charge in [0.05, 0.1) is 5.56 Å². The standard InChI is InChI=1S/C16H10F3NO/c17-16(18,19)11-7-5-10(6-8-11)15(21)13-9-20-14-4-2-1-3-12(13)14/h1-9,20H. The van der Waals surface area contributed by atoms with Crippen LogP contribution in [0.3, 0.4) is 0 Å². The normalized spacial score (nSPS) is 11.8. The average molecular weight is 289 g/mol. The molecule has 0 saturated heterocycles. The number of aromatic amines is 1. The van der Waals surface area contributed by atoms with Crippen LogP contribution in [0.15, 0.2) is 54.7 Å². The number of benzene rings is 2. The number of carbonyl (C=O) groups is 1. The van der Waals surface area contributed by atoms with Crippen molar-refractivity contribution < 1.29 is 18.0 Å². The van der Waals surface area contributed by atoms with Crippen molar-refractivity contribution in [2.75, 3.05) is 0 Å². The van der Waals surface area contributed by atoms with Crippen LogP contribution in [0.1, 0.15) is 21.5 Å². The Balaban J connectivity index is 1.99. The minimum atomic E-state index is -4.40. The lowest BCUT2D eigenvalue weighted by atomic mass is 10.0. The van der Waals surface area contributed by atoms with Crippen molar-refractivity contribution in [2.24, 2.45) is 0 Å². The minimum Gasteiger partial charge on any atom is -0.360 e. The molecule has 1 N–H and O–H groups in total. The number of carbonyl (C=O) groups excluding carboxylic acids is 1. The van der Waals surface area contributed by atoms with Gasteiger partial charge < -0.3 is 4.98 Å². The molecule has 0 aliphatic heterocycles. The van der Waals surface area contributed by atoms with E-state index in [1.807, 2.05) is 12.1 Å². The minimum absolute atomic E-state index is 0.229. The van der Waals surface area contributed by atoms with Crippen molar-refractivity contribution in [2.45, 2.75) is 6.18 Å². The summed E-state index contributed by atoms with van der Waals surface area (Å²) in [7, 11) is 0. The first-order chi connectivity index (χ1) is 9.97. The van der Waals surface area contributed by atoms with E-state index in [4.69, 9.17) is 0 Å². The highest BCUT2D eigenvalue weighted by molar-refractivity contribution is 6.16. The van der Waals surface area contributed by atoms with Gasteiger partial charge in [-0.2, -0.15) is 13.2 Å². The third-order valence-electron chi connectivity index (χ3n) is 3.31. The molecule has 1 heterocycles. The van der Waals surface area contributed by atoms with Crippen molar-refractivity contribution in [3.63, 3.8) is 0 Å². The molecule has 0 unspecified atom stereocenters. The highest BCUT2D eigenvalue weighted by Gasteiger charge is 2.30. The quantitative estimate of drug-likeness (QED) is 0.696. The number of aromatic nitrogens is 1. The van der Waals surface area contributed by atoms with E-state index in [1.165, 1.54) is 12.1 Å². The average Bonchev–Trinajstić information content (AvgIpc) is 2.90. The van der Waals surface area contributed by atoms with Crippen LogP contribution in [0.5, 0.6) is 0 Å². The molecule has 0 radical (unpaired) electrons. The first-order valence-corrected chi connectivity index (χ1v) is 6.25. The summed E-state index contributed by atoms with van der Waals surface area (Å²) in [6.45, 7) is 0. The number of ketones is 1. The van der Waals surface area contributed by atoms with Gasteiger partial charge in [0.15, 0.2) is 5.78 Å². The number of hydrogen-bond acceptors (Lipinski definition) is 1. The van der Waals surface area contributed by atoms with Crippen LogP contribution >= 0.6 is 0 Å². The Bertz CT molecular complexity index is 800. The molecule has 0 fully saturated rings. The van der Waals surface area contributed by atoms with Crippen molar-refractivity contribution >= 4 is 16.7 Å². The maximum absolute atomic E-state index is 12.5. The van der Waals surface area contributed by atoms with Crippen LogP contribution in [-0.4, -0.2) is 10.8 Å². The van der Waals surface area contributed by atoms with Crippen LogP contribution in [0, 0.1) is 0 Å². The van der Waals surface area contributed by atoms with Gasteiger partial charge in [0.25, 0.3) is 0 Å². The summed E-state index contributed by atoms with van der Waals surface area (Å²) in [5, 5.41) is 0.752. The second kappa shape index (κ2) is 4.77. The molecule has 0 saturated carbocycles. The lowest BCUT2D eigenvalue weighted by molar-refractivity contribution is -0.137. The molecule has 0 atom stereocenters. The molecule has 2 nitrogen and oxygen atoms in total. The Hall–Kier alpha value is -2.56. The fourth-order valence-corrected chi connectivity index (χ4v) is 2.23. The van der Waals surface area contributed by atoms with Crippen molar-refractivity contribution in [1.82, 2.24) is 4.98 Å². The Labute approximate surface area is 118 Å². The van der Waals surface area contributed by atoms with Crippen molar-refractivity contribution in [3.8, 4) is 0 Å². The summed E-state index contributed by atoms with van der Waals surface area (Å²) < 4.78 is 37.5. The van der Waals surface area contributed by atoms with E-state index < -0.39 is 11.7 Å². The molecule has 0 aliphatic carbocycles. The molecule has 1 aromatic heterocycles. The third-order valence-corrected chi connectivity index (χ3v) is 3.31. The zero-order chi connectivity index (χ0) is 15.0. The predicted molar refractivity (Wildman–Crippen MR) is 73.2 cm³/mol. The smallest absolute Gasteiger partial charge is 0.360 e. The Morgan fingerprint density at radius 3 is 2.29 bits per heavy atom. The van der Waals surface area contributed by atoms with Gasteiger partial charge in [0.2, 0.25) is 0 Å². The van der Waals surface area contributed by atoms with Crippen LogP contribution < -0.4 is 0 Å². The predicted octanol–water partition coefficient (Wildman–Crippen LogP) is 4.42. The molecule has 2 aromatic carbocycles. The van der Waals surface area contributed by atoms with Gasteiger partial charge in [0, 0.05) is 28.2 Å². The van der Waals surface area contributed by atoms with Gasteiger partial charge >= 0.3 is 6.18 Å². The third kappa shape index (κ3) is 2.42. The summed E-state index contributed by atoms with van der Waals surface area (Å²) in [6.07, 6.45) is -2.83. The molecule has 0 aliphatic rings. The first-order valence-electron chi connectivity index (χ1n) is 6.25. The number of para-hydroxylation sites is 1. The number of rotatable bonds is 2. The SMILES string of the molecule is O=C(c1ccc(C(F)(F)F)cc1)c1c[nH]c2ccccc12. The number of alkyl halides is 3. The Morgan fingerprint density at radius 2 is 1.62 bits per heavy atom. The number of hydrogen-bond donors (Lipinski definition) is 1. The van der Waals surface area contributed by atoms with Crippen LogP contribution in [0.25, 0.3) is 10.9 Å². The van der Waals surface area contributed by atoms with Gasteiger partial charge in [-0.1, -0.05) is 30.3 Å². The molecule has 106 valence electrons. The number of nitrogens with one attached hydrogen (secondary N) is 1. The van der Waals surface area contributed by atoms with Gasteiger partial charge in [-0.3, -0.25) is 4.79 Å². The zero-order valence-corrected chi connectivity index (χ0v) is 10.7. The highest BCUT2D eigenvalue weighted by atomic mass is 19.4. The zero-order valence-electron chi connectivity index (χ0n) is 10.7. The van der Waals surface area contributed by atoms with E-state index in [9.17, 15) is 18.0 Å². The lowest BCUT2D eigenvalue weighted by Crippen LogP contribution is -2.06. The van der Waals surface area contributed by atoms with E-state index in [2.05, 4.69) is 4.98 Å². The summed E-state index contributed by atoms with van der Waals surface area (Å²) in [5.41, 5.74) is 0.726. The summed E-state index contributed by atoms with van der Waals surface area (Å²) in [5.74, 6) is -0.304. The maximum atomic E-state index is 12.5. The van der Waals surface area contributed by atoms with Gasteiger partial charge in [-0.15, -0.1) is 0 Å². The number of fused-ring (bicyclic) bond motifs is 1. The van der Waals surface area contributed by atoms with Gasteiger partial charge in [0.1, 0.15) is 0 Å². The topological polar surface area (TPSA) is 32.9 Å². The van der Waals surface area contributed by atoms with E-state index >= 15 is 0 Å². The van der Waals surface area contributed by atoms with E-state index in [0.717, 1.165) is 23.0 Å². The summed E-state index contributed by atoms with van der Waals surface area (Å²) >= 11 is 0. The van der Waals surface area contributed by atoms with Gasteiger partial charge in [-0.25, -0.2) is 0 Å². The number of halogens is 3. The Kier molecular flexibility index (Phi) is 3.05. The van der Waals surface area contributed by atoms with Crippen LogP contribution in [0.4, 0.5) is 13.2 Å². The van der Waals surface area contributed by atoms with E-state index in [-0.39, 0.29) is 11.3 Å². The number of H-pyrrole nitrogens is 1. The second-order valence-corrected chi connectivity index (χ2v) is 4.65. The van der Waals surface area contributed by atoms with Crippen LogP contribution in [-0.2, 0) is 6.18 Å². The monoisotopic (exact) mass is 289 g/mol. The molecule has 21 heavy (non-hydrogen) atoms. The van der Waals surface area contributed by atoms with Gasteiger partial charge in [-0.05, 0) is 18.2 Å². The largest absolute Gasteiger partial charge is 0.416 e. The molecular formula is C16H10F3NO.